The number of aliphatic hydroxyl groups excluding tert-OH is 1. The van der Waals surface area contributed by atoms with Crippen LogP contribution in [-0.2, 0) is 7.05 Å². The van der Waals surface area contributed by atoms with Crippen molar-refractivity contribution in [2.75, 3.05) is 0 Å². The molecule has 5 heteroatoms. The molecule has 1 rings (SSSR count). The molecule has 0 fully saturated rings. The molecule has 74 valence electrons. The Kier molecular flexibility index (Phi) is 3.33. The third-order valence-electron chi connectivity index (χ3n) is 2.02. The Labute approximate surface area is 82.4 Å². The van der Waals surface area contributed by atoms with Crippen molar-refractivity contribution in [2.45, 2.75) is 37.3 Å². The molecular formula is C8H15N3OS. The van der Waals surface area contributed by atoms with Gasteiger partial charge in [-0.1, -0.05) is 18.7 Å². The highest BCUT2D eigenvalue weighted by molar-refractivity contribution is 7.99. The van der Waals surface area contributed by atoms with Gasteiger partial charge in [-0.3, -0.25) is 0 Å². The SMILES string of the molecule is Cc1nnc(SC(C)C(C)O)n1C. The molecule has 1 aromatic heterocycles. The van der Waals surface area contributed by atoms with Crippen LogP contribution in [0.3, 0.4) is 0 Å². The Hall–Kier alpha value is -0.550. The molecule has 0 aliphatic heterocycles. The van der Waals surface area contributed by atoms with Crippen LogP contribution >= 0.6 is 11.8 Å². The summed E-state index contributed by atoms with van der Waals surface area (Å²) >= 11 is 1.54. The lowest BCUT2D eigenvalue weighted by molar-refractivity contribution is 0.196. The van der Waals surface area contributed by atoms with E-state index in [0.717, 1.165) is 11.0 Å². The van der Waals surface area contributed by atoms with E-state index in [1.165, 1.54) is 11.8 Å². The van der Waals surface area contributed by atoms with E-state index in [4.69, 9.17) is 0 Å². The van der Waals surface area contributed by atoms with Gasteiger partial charge in [0.2, 0.25) is 0 Å². The molecule has 4 nitrogen and oxygen atoms in total. The number of rotatable bonds is 3. The lowest BCUT2D eigenvalue weighted by Crippen LogP contribution is -2.15. The predicted molar refractivity (Wildman–Crippen MR) is 52.7 cm³/mol. The van der Waals surface area contributed by atoms with Gasteiger partial charge in [-0.2, -0.15) is 0 Å². The maximum Gasteiger partial charge on any atom is 0.191 e. The van der Waals surface area contributed by atoms with Crippen LogP contribution in [0.1, 0.15) is 19.7 Å². The zero-order chi connectivity index (χ0) is 10.0. The summed E-state index contributed by atoms with van der Waals surface area (Å²) in [6, 6.07) is 0. The number of aryl methyl sites for hydroxylation is 1. The van der Waals surface area contributed by atoms with Gasteiger partial charge in [-0.25, -0.2) is 0 Å². The first-order chi connectivity index (χ1) is 6.02. The summed E-state index contributed by atoms with van der Waals surface area (Å²) in [5, 5.41) is 18.2. The van der Waals surface area contributed by atoms with E-state index < -0.39 is 0 Å². The fourth-order valence-corrected chi connectivity index (χ4v) is 1.66. The minimum atomic E-state index is -0.331. The molecule has 0 aromatic carbocycles. The topological polar surface area (TPSA) is 50.9 Å². The Bertz CT molecular complexity index is 285. The highest BCUT2D eigenvalue weighted by atomic mass is 32.2. The molecule has 0 amide bonds. The van der Waals surface area contributed by atoms with E-state index in [0.29, 0.717) is 0 Å². The van der Waals surface area contributed by atoms with Gasteiger partial charge in [-0.15, -0.1) is 10.2 Å². The molecule has 0 radical (unpaired) electrons. The van der Waals surface area contributed by atoms with Crippen molar-refractivity contribution in [3.8, 4) is 0 Å². The van der Waals surface area contributed by atoms with Crippen LogP contribution in [-0.4, -0.2) is 31.2 Å². The molecule has 2 unspecified atom stereocenters. The van der Waals surface area contributed by atoms with Crippen LogP contribution < -0.4 is 0 Å². The Balaban J connectivity index is 2.69. The van der Waals surface area contributed by atoms with Crippen molar-refractivity contribution in [1.29, 1.82) is 0 Å². The molecule has 2 atom stereocenters. The lowest BCUT2D eigenvalue weighted by Gasteiger charge is -2.12. The summed E-state index contributed by atoms with van der Waals surface area (Å²) in [6.07, 6.45) is -0.331. The third kappa shape index (κ3) is 2.45. The van der Waals surface area contributed by atoms with Crippen LogP contribution in [0.2, 0.25) is 0 Å². The first-order valence-corrected chi connectivity index (χ1v) is 5.11. The largest absolute Gasteiger partial charge is 0.392 e. The number of nitrogens with zero attached hydrogens (tertiary/aromatic N) is 3. The number of thioether (sulfide) groups is 1. The summed E-state index contributed by atoms with van der Waals surface area (Å²) < 4.78 is 1.92. The van der Waals surface area contributed by atoms with Crippen molar-refractivity contribution in [3.63, 3.8) is 0 Å². The number of aromatic nitrogens is 3. The summed E-state index contributed by atoms with van der Waals surface area (Å²) in [6.45, 7) is 5.66. The smallest absolute Gasteiger partial charge is 0.191 e. The molecule has 0 spiro atoms. The molecule has 1 heterocycles. The maximum absolute atomic E-state index is 9.30. The molecule has 0 aliphatic rings. The molecule has 0 aliphatic carbocycles. The summed E-state index contributed by atoms with van der Waals surface area (Å²) in [7, 11) is 1.92. The van der Waals surface area contributed by atoms with Gasteiger partial charge in [0, 0.05) is 12.3 Å². The number of hydrogen-bond donors (Lipinski definition) is 1. The second-order valence-corrected chi connectivity index (χ2v) is 4.50. The van der Waals surface area contributed by atoms with Gasteiger partial charge in [0.1, 0.15) is 5.82 Å². The van der Waals surface area contributed by atoms with Crippen molar-refractivity contribution >= 4 is 11.8 Å². The Morgan fingerprint density at radius 1 is 1.38 bits per heavy atom. The molecule has 13 heavy (non-hydrogen) atoms. The van der Waals surface area contributed by atoms with E-state index in [9.17, 15) is 5.11 Å². The number of aliphatic hydroxyl groups is 1. The maximum atomic E-state index is 9.30. The summed E-state index contributed by atoms with van der Waals surface area (Å²) in [5.74, 6) is 0.889. The Morgan fingerprint density at radius 3 is 2.38 bits per heavy atom. The molecule has 1 N–H and O–H groups in total. The van der Waals surface area contributed by atoms with Crippen molar-refractivity contribution < 1.29 is 5.11 Å². The van der Waals surface area contributed by atoms with Gasteiger partial charge in [0.25, 0.3) is 0 Å². The number of hydrogen-bond acceptors (Lipinski definition) is 4. The van der Waals surface area contributed by atoms with Gasteiger partial charge in [0.15, 0.2) is 5.16 Å². The summed E-state index contributed by atoms with van der Waals surface area (Å²) in [5.41, 5.74) is 0. The van der Waals surface area contributed by atoms with Crippen molar-refractivity contribution in [1.82, 2.24) is 14.8 Å². The molecule has 1 aromatic rings. The molecular weight excluding hydrogens is 186 g/mol. The van der Waals surface area contributed by atoms with E-state index in [-0.39, 0.29) is 11.4 Å². The van der Waals surface area contributed by atoms with Gasteiger partial charge < -0.3 is 9.67 Å². The highest BCUT2D eigenvalue weighted by Gasteiger charge is 2.14. The predicted octanol–water partition coefficient (Wildman–Crippen LogP) is 0.985. The Morgan fingerprint density at radius 2 is 2.00 bits per heavy atom. The average Bonchev–Trinajstić information content (AvgIpc) is 2.36. The zero-order valence-corrected chi connectivity index (χ0v) is 9.17. The van der Waals surface area contributed by atoms with Gasteiger partial charge in [0.05, 0.1) is 6.10 Å². The molecule has 0 saturated heterocycles. The lowest BCUT2D eigenvalue weighted by atomic mass is 10.3. The van der Waals surface area contributed by atoms with Crippen LogP contribution in [0.5, 0.6) is 0 Å². The normalized spacial score (nSPS) is 15.8. The van der Waals surface area contributed by atoms with Crippen molar-refractivity contribution in [3.05, 3.63) is 5.82 Å². The van der Waals surface area contributed by atoms with Crippen LogP contribution in [0, 0.1) is 6.92 Å². The average molecular weight is 201 g/mol. The van der Waals surface area contributed by atoms with E-state index in [1.54, 1.807) is 6.92 Å². The summed E-state index contributed by atoms with van der Waals surface area (Å²) in [4.78, 5) is 0. The van der Waals surface area contributed by atoms with Crippen LogP contribution in [0.15, 0.2) is 5.16 Å². The monoisotopic (exact) mass is 201 g/mol. The minimum absolute atomic E-state index is 0.141. The van der Waals surface area contributed by atoms with E-state index in [2.05, 4.69) is 10.2 Å². The third-order valence-corrected chi connectivity index (χ3v) is 3.36. The fraction of sp³-hybridized carbons (Fsp3) is 0.750. The van der Waals surface area contributed by atoms with Gasteiger partial charge >= 0.3 is 0 Å². The van der Waals surface area contributed by atoms with Crippen molar-refractivity contribution in [2.24, 2.45) is 7.05 Å². The van der Waals surface area contributed by atoms with E-state index >= 15 is 0 Å². The van der Waals surface area contributed by atoms with Crippen LogP contribution in [0.4, 0.5) is 0 Å². The zero-order valence-electron chi connectivity index (χ0n) is 8.35. The fourth-order valence-electron chi connectivity index (χ4n) is 0.755. The molecule has 0 saturated carbocycles. The minimum Gasteiger partial charge on any atom is -0.392 e. The first-order valence-electron chi connectivity index (χ1n) is 4.23. The second kappa shape index (κ2) is 4.11. The molecule has 0 bridgehead atoms. The van der Waals surface area contributed by atoms with Gasteiger partial charge in [-0.05, 0) is 13.8 Å². The van der Waals surface area contributed by atoms with E-state index in [1.807, 2.05) is 25.5 Å². The quantitative estimate of drug-likeness (QED) is 0.741. The van der Waals surface area contributed by atoms with Crippen LogP contribution in [0.25, 0.3) is 0 Å². The first kappa shape index (κ1) is 10.5. The second-order valence-electron chi connectivity index (χ2n) is 3.15. The highest BCUT2D eigenvalue weighted by Crippen LogP contribution is 2.22. The standard InChI is InChI=1S/C8H15N3OS/c1-5(12)6(2)13-8-10-9-7(3)11(8)4/h5-6,12H,1-4H3.